The average Bonchev–Trinajstić information content (AvgIpc) is 2.94. The second kappa shape index (κ2) is 4.72. The Hall–Kier alpha value is -0.640. The van der Waals surface area contributed by atoms with Crippen LogP contribution in [0.1, 0.15) is 58.4 Å². The molecule has 2 fully saturated rings. The molecule has 0 bridgehead atoms. The van der Waals surface area contributed by atoms with Crippen LogP contribution >= 0.6 is 11.3 Å². The summed E-state index contributed by atoms with van der Waals surface area (Å²) in [4.78, 5) is 2.56. The Morgan fingerprint density at radius 1 is 1.16 bits per heavy atom. The summed E-state index contributed by atoms with van der Waals surface area (Å²) < 4.78 is 0. The third-order valence-electron chi connectivity index (χ3n) is 4.70. The van der Waals surface area contributed by atoms with Gasteiger partial charge in [-0.1, -0.05) is 51.9 Å². The number of aromatic nitrogens is 2. The van der Waals surface area contributed by atoms with Gasteiger partial charge in [0.25, 0.3) is 0 Å². The highest BCUT2D eigenvalue weighted by Crippen LogP contribution is 2.43. The molecule has 2 heterocycles. The molecule has 1 saturated heterocycles. The first-order valence-corrected chi connectivity index (χ1v) is 8.39. The van der Waals surface area contributed by atoms with E-state index in [1.807, 2.05) is 0 Å². The van der Waals surface area contributed by atoms with Crippen molar-refractivity contribution in [3.63, 3.8) is 0 Å². The Morgan fingerprint density at radius 3 is 2.58 bits per heavy atom. The molecule has 2 aliphatic rings. The standard InChI is InChI=1S/C15H25N3S/c1-10-9-18(12-8-6-5-7-11(10)12)14-17-16-13(19-14)15(2,3)4/h10-12H,5-9H2,1-4H3. The maximum Gasteiger partial charge on any atom is 0.208 e. The van der Waals surface area contributed by atoms with Gasteiger partial charge >= 0.3 is 0 Å². The molecule has 0 spiro atoms. The van der Waals surface area contributed by atoms with Crippen LogP contribution in [0.15, 0.2) is 0 Å². The van der Waals surface area contributed by atoms with Crippen molar-refractivity contribution in [3.05, 3.63) is 5.01 Å². The molecular formula is C15H25N3S. The highest BCUT2D eigenvalue weighted by molar-refractivity contribution is 7.15. The van der Waals surface area contributed by atoms with E-state index in [0.717, 1.165) is 28.0 Å². The molecule has 19 heavy (non-hydrogen) atoms. The molecule has 1 aromatic heterocycles. The minimum absolute atomic E-state index is 0.118. The second-order valence-electron chi connectivity index (χ2n) is 7.29. The molecule has 0 N–H and O–H groups in total. The van der Waals surface area contributed by atoms with Crippen molar-refractivity contribution in [2.45, 2.75) is 64.8 Å². The van der Waals surface area contributed by atoms with E-state index in [4.69, 9.17) is 0 Å². The summed E-state index contributed by atoms with van der Waals surface area (Å²) in [7, 11) is 0. The zero-order valence-electron chi connectivity index (χ0n) is 12.5. The van der Waals surface area contributed by atoms with Crippen molar-refractivity contribution >= 4 is 16.5 Å². The van der Waals surface area contributed by atoms with E-state index in [-0.39, 0.29) is 5.41 Å². The lowest BCUT2D eigenvalue weighted by Gasteiger charge is -2.31. The molecule has 1 aromatic rings. The maximum atomic E-state index is 4.48. The van der Waals surface area contributed by atoms with E-state index < -0.39 is 0 Å². The molecule has 3 rings (SSSR count). The highest BCUT2D eigenvalue weighted by atomic mass is 32.1. The van der Waals surface area contributed by atoms with Crippen molar-refractivity contribution in [1.82, 2.24) is 10.2 Å². The van der Waals surface area contributed by atoms with Gasteiger partial charge in [0.05, 0.1) is 0 Å². The molecule has 0 amide bonds. The lowest BCUT2D eigenvalue weighted by molar-refractivity contribution is 0.293. The fraction of sp³-hybridized carbons (Fsp3) is 0.867. The molecule has 0 aromatic carbocycles. The van der Waals surface area contributed by atoms with Crippen LogP contribution in [0.3, 0.4) is 0 Å². The van der Waals surface area contributed by atoms with Gasteiger partial charge in [-0.25, -0.2) is 0 Å². The first-order chi connectivity index (χ1) is 8.97. The van der Waals surface area contributed by atoms with E-state index in [1.165, 1.54) is 32.2 Å². The predicted molar refractivity (Wildman–Crippen MR) is 80.9 cm³/mol. The molecular weight excluding hydrogens is 254 g/mol. The van der Waals surface area contributed by atoms with E-state index in [0.29, 0.717) is 0 Å². The van der Waals surface area contributed by atoms with Crippen molar-refractivity contribution in [2.24, 2.45) is 11.8 Å². The van der Waals surface area contributed by atoms with Crippen LogP contribution in [0, 0.1) is 11.8 Å². The lowest BCUT2D eigenvalue weighted by Crippen LogP contribution is -2.34. The smallest absolute Gasteiger partial charge is 0.208 e. The molecule has 0 radical (unpaired) electrons. The fourth-order valence-corrected chi connectivity index (χ4v) is 4.60. The first-order valence-electron chi connectivity index (χ1n) is 7.57. The molecule has 4 heteroatoms. The number of hydrogen-bond donors (Lipinski definition) is 0. The summed E-state index contributed by atoms with van der Waals surface area (Å²) >= 11 is 1.80. The summed E-state index contributed by atoms with van der Waals surface area (Å²) in [5.74, 6) is 1.70. The van der Waals surface area contributed by atoms with Gasteiger partial charge in [-0.2, -0.15) is 0 Å². The minimum atomic E-state index is 0.118. The van der Waals surface area contributed by atoms with Crippen LogP contribution in [0.2, 0.25) is 0 Å². The molecule has 106 valence electrons. The van der Waals surface area contributed by atoms with Gasteiger partial charge in [-0.05, 0) is 24.7 Å². The predicted octanol–water partition coefficient (Wildman–Crippen LogP) is 3.85. The number of fused-ring (bicyclic) bond motifs is 1. The van der Waals surface area contributed by atoms with Crippen molar-refractivity contribution < 1.29 is 0 Å². The van der Waals surface area contributed by atoms with Gasteiger partial charge < -0.3 is 4.90 Å². The Bertz CT molecular complexity index is 448. The first kappa shape index (κ1) is 13.3. The normalized spacial score (nSPS) is 31.6. The number of rotatable bonds is 1. The van der Waals surface area contributed by atoms with Crippen molar-refractivity contribution in [1.29, 1.82) is 0 Å². The lowest BCUT2D eigenvalue weighted by atomic mass is 9.80. The number of hydrogen-bond acceptors (Lipinski definition) is 4. The third kappa shape index (κ3) is 2.39. The quantitative estimate of drug-likeness (QED) is 0.782. The van der Waals surface area contributed by atoms with Gasteiger partial charge in [-0.15, -0.1) is 10.2 Å². The average molecular weight is 279 g/mol. The summed E-state index contributed by atoms with van der Waals surface area (Å²) in [6.07, 6.45) is 5.56. The fourth-order valence-electron chi connectivity index (χ4n) is 3.63. The number of nitrogens with zero attached hydrogens (tertiary/aromatic N) is 3. The van der Waals surface area contributed by atoms with Crippen LogP contribution in [-0.4, -0.2) is 22.8 Å². The topological polar surface area (TPSA) is 29.0 Å². The largest absolute Gasteiger partial charge is 0.343 e. The molecule has 1 aliphatic carbocycles. The van der Waals surface area contributed by atoms with Gasteiger partial charge in [0.15, 0.2) is 0 Å². The molecule has 3 unspecified atom stereocenters. The van der Waals surface area contributed by atoms with Crippen LogP contribution in [0.5, 0.6) is 0 Å². The number of anilines is 1. The van der Waals surface area contributed by atoms with E-state index >= 15 is 0 Å². The second-order valence-corrected chi connectivity index (χ2v) is 8.24. The van der Waals surface area contributed by atoms with E-state index in [9.17, 15) is 0 Å². The van der Waals surface area contributed by atoms with Crippen molar-refractivity contribution in [2.75, 3.05) is 11.4 Å². The zero-order valence-corrected chi connectivity index (χ0v) is 13.3. The Kier molecular flexibility index (Phi) is 3.32. The van der Waals surface area contributed by atoms with Gasteiger partial charge in [0.2, 0.25) is 5.13 Å². The van der Waals surface area contributed by atoms with Crippen LogP contribution in [0.4, 0.5) is 5.13 Å². The van der Waals surface area contributed by atoms with Gasteiger partial charge in [-0.3, -0.25) is 0 Å². The third-order valence-corrected chi connectivity index (χ3v) is 6.09. The van der Waals surface area contributed by atoms with Crippen LogP contribution < -0.4 is 4.90 Å². The van der Waals surface area contributed by atoms with Gasteiger partial charge in [0.1, 0.15) is 5.01 Å². The monoisotopic (exact) mass is 279 g/mol. The summed E-state index contributed by atoms with van der Waals surface area (Å²) in [6.45, 7) is 10.2. The molecule has 3 atom stereocenters. The molecule has 3 nitrogen and oxygen atoms in total. The summed E-state index contributed by atoms with van der Waals surface area (Å²) in [5, 5.41) is 11.2. The van der Waals surface area contributed by atoms with Crippen molar-refractivity contribution in [3.8, 4) is 0 Å². The Labute approximate surface area is 120 Å². The zero-order chi connectivity index (χ0) is 13.6. The Morgan fingerprint density at radius 2 is 1.89 bits per heavy atom. The summed E-state index contributed by atoms with van der Waals surface area (Å²) in [6, 6.07) is 0.726. The minimum Gasteiger partial charge on any atom is -0.343 e. The van der Waals surface area contributed by atoms with E-state index in [2.05, 4.69) is 42.8 Å². The maximum absolute atomic E-state index is 4.48. The summed E-state index contributed by atoms with van der Waals surface area (Å²) in [5.41, 5.74) is 0.118. The highest BCUT2D eigenvalue weighted by Gasteiger charge is 2.42. The molecule has 1 saturated carbocycles. The molecule has 1 aliphatic heterocycles. The van der Waals surface area contributed by atoms with Gasteiger partial charge in [0, 0.05) is 18.0 Å². The Balaban J connectivity index is 1.84. The SMILES string of the molecule is CC1CN(c2nnc(C(C)(C)C)s2)C2CCCCC12. The van der Waals surface area contributed by atoms with Crippen LogP contribution in [0.25, 0.3) is 0 Å². The van der Waals surface area contributed by atoms with E-state index in [1.54, 1.807) is 11.3 Å². The van der Waals surface area contributed by atoms with Crippen LogP contribution in [-0.2, 0) is 5.41 Å².